The molecule has 1 saturated heterocycles. The summed E-state index contributed by atoms with van der Waals surface area (Å²) in [6.07, 6.45) is 10.4. The van der Waals surface area contributed by atoms with E-state index in [4.69, 9.17) is 5.73 Å². The lowest BCUT2D eigenvalue weighted by molar-refractivity contribution is -0.136. The minimum Gasteiger partial charge on any atom is -0.401 e. The third kappa shape index (κ3) is 3.88. The quantitative estimate of drug-likeness (QED) is 0.815. The first-order valence-corrected chi connectivity index (χ1v) is 9.75. The average Bonchev–Trinajstić information content (AvgIpc) is 3.46. The average molecular weight is 380 g/mol. The van der Waals surface area contributed by atoms with Crippen molar-refractivity contribution in [3.63, 3.8) is 0 Å². The molecule has 3 rings (SSSR count). The van der Waals surface area contributed by atoms with Gasteiger partial charge in [0.2, 0.25) is 11.8 Å². The number of carbonyl (C=O) groups excluding carboxylic acids is 2. The van der Waals surface area contributed by atoms with E-state index in [1.165, 1.54) is 6.92 Å². The lowest BCUT2D eigenvalue weighted by Crippen LogP contribution is -2.52. The van der Waals surface area contributed by atoms with Crippen molar-refractivity contribution in [3.8, 4) is 0 Å². The van der Waals surface area contributed by atoms with E-state index in [-0.39, 0.29) is 23.8 Å². The van der Waals surface area contributed by atoms with Crippen LogP contribution in [0.25, 0.3) is 0 Å². The van der Waals surface area contributed by atoms with E-state index >= 15 is 0 Å². The molecule has 148 valence electrons. The van der Waals surface area contributed by atoms with E-state index in [1.54, 1.807) is 9.80 Å². The molecule has 0 radical (unpaired) electrons. The SMILES string of the molecule is C=C(/C=C1\C(=C)N(C(C)=O)C(C)CN1C(=O)C1CC1)C1=C(N)CC=C(C)C=C1. The highest BCUT2D eigenvalue weighted by molar-refractivity contribution is 5.85. The Morgan fingerprint density at radius 1 is 1.29 bits per heavy atom. The largest absolute Gasteiger partial charge is 0.401 e. The molecule has 0 aromatic rings. The molecule has 0 aromatic heterocycles. The minimum absolute atomic E-state index is 0.0782. The number of piperazine rings is 1. The van der Waals surface area contributed by atoms with Crippen molar-refractivity contribution in [1.29, 1.82) is 0 Å². The molecule has 0 aromatic carbocycles. The summed E-state index contributed by atoms with van der Waals surface area (Å²) in [5, 5.41) is 0. The van der Waals surface area contributed by atoms with Gasteiger partial charge in [0.25, 0.3) is 0 Å². The second kappa shape index (κ2) is 7.66. The van der Waals surface area contributed by atoms with Gasteiger partial charge in [-0.25, -0.2) is 0 Å². The van der Waals surface area contributed by atoms with E-state index in [9.17, 15) is 9.59 Å². The fourth-order valence-corrected chi connectivity index (χ4v) is 3.74. The summed E-state index contributed by atoms with van der Waals surface area (Å²) in [5.74, 6) is 0.0982. The zero-order valence-electron chi connectivity index (χ0n) is 17.0. The highest BCUT2D eigenvalue weighted by atomic mass is 16.2. The van der Waals surface area contributed by atoms with Crippen LogP contribution >= 0.6 is 0 Å². The van der Waals surface area contributed by atoms with Gasteiger partial charge in [-0.15, -0.1) is 0 Å². The Hall–Kier alpha value is -2.82. The molecule has 1 saturated carbocycles. The van der Waals surface area contributed by atoms with Crippen LogP contribution < -0.4 is 5.73 Å². The summed E-state index contributed by atoms with van der Waals surface area (Å²) in [6, 6.07) is -0.118. The lowest BCUT2D eigenvalue weighted by atomic mass is 9.99. The van der Waals surface area contributed by atoms with Gasteiger partial charge in [0.1, 0.15) is 0 Å². The normalized spacial score (nSPS) is 24.4. The van der Waals surface area contributed by atoms with Crippen LogP contribution in [0.2, 0.25) is 0 Å². The predicted molar refractivity (Wildman–Crippen MR) is 112 cm³/mol. The summed E-state index contributed by atoms with van der Waals surface area (Å²) in [7, 11) is 0. The molecular weight excluding hydrogens is 350 g/mol. The third-order valence-electron chi connectivity index (χ3n) is 5.46. The molecule has 2 fully saturated rings. The third-order valence-corrected chi connectivity index (χ3v) is 5.46. The van der Waals surface area contributed by atoms with Gasteiger partial charge in [-0.1, -0.05) is 37.0 Å². The van der Waals surface area contributed by atoms with E-state index in [0.29, 0.717) is 29.9 Å². The van der Waals surface area contributed by atoms with Crippen molar-refractivity contribution in [1.82, 2.24) is 9.80 Å². The standard InChI is InChI=1S/C23H29N3O2/c1-14-6-10-20(21(24)11-7-14)15(2)12-22-17(4)26(18(5)27)16(3)13-25(22)23(28)19-8-9-19/h6-7,10,12,16,19H,2,4,8-9,11,13,24H2,1,3,5H3/b22-12+. The molecule has 1 aliphatic heterocycles. The fourth-order valence-electron chi connectivity index (χ4n) is 3.74. The van der Waals surface area contributed by atoms with Crippen LogP contribution in [0, 0.1) is 5.92 Å². The number of amides is 2. The number of rotatable bonds is 3. The number of nitrogens with two attached hydrogens (primary N) is 1. The molecule has 0 bridgehead atoms. The highest BCUT2D eigenvalue weighted by Gasteiger charge is 2.40. The first kappa shape index (κ1) is 19.9. The van der Waals surface area contributed by atoms with Crippen LogP contribution in [-0.2, 0) is 9.59 Å². The summed E-state index contributed by atoms with van der Waals surface area (Å²) in [5.41, 5.74) is 10.9. The molecule has 28 heavy (non-hydrogen) atoms. The molecule has 2 N–H and O–H groups in total. The Bertz CT molecular complexity index is 868. The zero-order valence-corrected chi connectivity index (χ0v) is 17.0. The Morgan fingerprint density at radius 3 is 2.57 bits per heavy atom. The number of allylic oxidation sites excluding steroid dienone is 7. The number of hydrogen-bond acceptors (Lipinski definition) is 3. The summed E-state index contributed by atoms with van der Waals surface area (Å²) in [4.78, 5) is 28.5. The second-order valence-electron chi connectivity index (χ2n) is 7.89. The van der Waals surface area contributed by atoms with Crippen LogP contribution in [-0.4, -0.2) is 34.2 Å². The Kier molecular flexibility index (Phi) is 5.45. The van der Waals surface area contributed by atoms with Crippen LogP contribution in [0.3, 0.4) is 0 Å². The molecular formula is C23H29N3O2. The predicted octanol–water partition coefficient (Wildman–Crippen LogP) is 3.55. The first-order chi connectivity index (χ1) is 13.2. The molecule has 1 heterocycles. The molecule has 1 unspecified atom stereocenters. The maximum atomic E-state index is 12.9. The maximum absolute atomic E-state index is 12.9. The van der Waals surface area contributed by atoms with Gasteiger partial charge in [0, 0.05) is 37.1 Å². The molecule has 2 aliphatic carbocycles. The molecule has 0 spiro atoms. The van der Waals surface area contributed by atoms with Gasteiger partial charge >= 0.3 is 0 Å². The van der Waals surface area contributed by atoms with Gasteiger partial charge in [0.05, 0.1) is 17.4 Å². The number of hydrogen-bond donors (Lipinski definition) is 1. The van der Waals surface area contributed by atoms with Crippen molar-refractivity contribution in [2.75, 3.05) is 6.54 Å². The Labute approximate surface area is 167 Å². The van der Waals surface area contributed by atoms with Gasteiger partial charge in [-0.3, -0.25) is 9.59 Å². The van der Waals surface area contributed by atoms with Crippen LogP contribution in [0.4, 0.5) is 0 Å². The monoisotopic (exact) mass is 379 g/mol. The van der Waals surface area contributed by atoms with E-state index in [1.807, 2.05) is 32.1 Å². The smallest absolute Gasteiger partial charge is 0.230 e. The number of carbonyl (C=O) groups is 2. The van der Waals surface area contributed by atoms with E-state index in [0.717, 1.165) is 29.7 Å². The zero-order chi connectivity index (χ0) is 20.6. The summed E-state index contributed by atoms with van der Waals surface area (Å²) < 4.78 is 0. The fraction of sp³-hybridized carbons (Fsp3) is 0.391. The topological polar surface area (TPSA) is 66.6 Å². The van der Waals surface area contributed by atoms with E-state index < -0.39 is 0 Å². The van der Waals surface area contributed by atoms with Crippen LogP contribution in [0.1, 0.15) is 40.0 Å². The lowest BCUT2D eigenvalue weighted by Gasteiger charge is -2.42. The number of nitrogens with zero attached hydrogens (tertiary/aromatic N) is 2. The first-order valence-electron chi connectivity index (χ1n) is 9.75. The Morgan fingerprint density at radius 2 is 1.96 bits per heavy atom. The molecule has 5 heteroatoms. The van der Waals surface area contributed by atoms with Crippen LogP contribution in [0.5, 0.6) is 0 Å². The van der Waals surface area contributed by atoms with E-state index in [2.05, 4.69) is 19.2 Å². The molecule has 2 amide bonds. The second-order valence-corrected chi connectivity index (χ2v) is 7.89. The van der Waals surface area contributed by atoms with Crippen molar-refractivity contribution in [2.24, 2.45) is 11.7 Å². The van der Waals surface area contributed by atoms with Gasteiger partial charge in [-0.05, 0) is 38.3 Å². The highest BCUT2D eigenvalue weighted by Crippen LogP contribution is 2.37. The molecule has 1 atom stereocenters. The van der Waals surface area contributed by atoms with Gasteiger partial charge in [0.15, 0.2) is 0 Å². The van der Waals surface area contributed by atoms with Gasteiger partial charge < -0.3 is 15.5 Å². The van der Waals surface area contributed by atoms with Gasteiger partial charge in [-0.2, -0.15) is 0 Å². The van der Waals surface area contributed by atoms with Crippen molar-refractivity contribution >= 4 is 11.8 Å². The molecule has 3 aliphatic rings. The summed E-state index contributed by atoms with van der Waals surface area (Å²) >= 11 is 0. The van der Waals surface area contributed by atoms with Crippen molar-refractivity contribution < 1.29 is 9.59 Å². The van der Waals surface area contributed by atoms with Crippen molar-refractivity contribution in [3.05, 3.63) is 71.3 Å². The van der Waals surface area contributed by atoms with Crippen molar-refractivity contribution in [2.45, 2.75) is 46.1 Å². The van der Waals surface area contributed by atoms with Crippen LogP contribution in [0.15, 0.2) is 71.3 Å². The summed E-state index contributed by atoms with van der Waals surface area (Å²) in [6.45, 7) is 14.3. The minimum atomic E-state index is -0.118. The Balaban J connectivity index is 1.99. The maximum Gasteiger partial charge on any atom is 0.230 e. The molecule has 5 nitrogen and oxygen atoms in total.